The van der Waals surface area contributed by atoms with E-state index in [1.54, 1.807) is 12.1 Å². The number of ether oxygens (including phenoxy) is 1. The van der Waals surface area contributed by atoms with Crippen LogP contribution < -0.4 is 5.73 Å². The number of halogens is 2. The Bertz CT molecular complexity index is 447. The Morgan fingerprint density at radius 2 is 2.28 bits per heavy atom. The Kier molecular flexibility index (Phi) is 3.08. The molecule has 4 heteroatoms. The molecule has 2 aliphatic heterocycles. The Labute approximate surface area is 111 Å². The van der Waals surface area contributed by atoms with Crippen molar-refractivity contribution in [3.63, 3.8) is 0 Å². The number of fused-ring (bicyclic) bond motifs is 2. The van der Waals surface area contributed by atoms with Crippen molar-refractivity contribution in [2.75, 3.05) is 6.54 Å². The summed E-state index contributed by atoms with van der Waals surface area (Å²) in [6.07, 6.45) is 4.13. The first-order chi connectivity index (χ1) is 8.64. The molecule has 18 heavy (non-hydrogen) atoms. The predicted molar refractivity (Wildman–Crippen MR) is 69.1 cm³/mol. The van der Waals surface area contributed by atoms with E-state index in [1.807, 2.05) is 0 Å². The van der Waals surface area contributed by atoms with Crippen LogP contribution in [-0.4, -0.2) is 18.8 Å². The highest BCUT2D eigenvalue weighted by molar-refractivity contribution is 6.31. The minimum absolute atomic E-state index is 0.130. The summed E-state index contributed by atoms with van der Waals surface area (Å²) in [5, 5.41) is 0.491. The summed E-state index contributed by atoms with van der Waals surface area (Å²) in [7, 11) is 0. The fraction of sp³-hybridized carbons (Fsp3) is 0.571. The molecule has 3 unspecified atom stereocenters. The van der Waals surface area contributed by atoms with Gasteiger partial charge in [-0.2, -0.15) is 0 Å². The topological polar surface area (TPSA) is 35.2 Å². The first-order valence-electron chi connectivity index (χ1n) is 6.43. The molecular weight excluding hydrogens is 253 g/mol. The van der Waals surface area contributed by atoms with E-state index in [-0.39, 0.29) is 17.3 Å². The van der Waals surface area contributed by atoms with Crippen molar-refractivity contribution >= 4 is 11.6 Å². The third-order valence-electron chi connectivity index (χ3n) is 4.42. The molecule has 2 heterocycles. The van der Waals surface area contributed by atoms with Crippen molar-refractivity contribution in [3.8, 4) is 0 Å². The minimum Gasteiger partial charge on any atom is -0.374 e. The van der Waals surface area contributed by atoms with Crippen LogP contribution >= 0.6 is 11.6 Å². The van der Waals surface area contributed by atoms with E-state index >= 15 is 0 Å². The summed E-state index contributed by atoms with van der Waals surface area (Å²) in [5.41, 5.74) is 6.41. The molecule has 3 rings (SSSR count). The molecule has 1 aromatic rings. The monoisotopic (exact) mass is 269 g/mol. The van der Waals surface area contributed by atoms with Gasteiger partial charge in [0, 0.05) is 22.5 Å². The van der Waals surface area contributed by atoms with E-state index in [2.05, 4.69) is 0 Å². The quantitative estimate of drug-likeness (QED) is 0.916. The lowest BCUT2D eigenvalue weighted by Crippen LogP contribution is -2.41. The smallest absolute Gasteiger partial charge is 0.127 e. The van der Waals surface area contributed by atoms with Gasteiger partial charge in [-0.25, -0.2) is 4.39 Å². The van der Waals surface area contributed by atoms with E-state index in [4.69, 9.17) is 22.1 Å². The third-order valence-corrected chi connectivity index (χ3v) is 4.78. The Morgan fingerprint density at radius 3 is 2.83 bits per heavy atom. The Balaban J connectivity index is 1.91. The highest BCUT2D eigenvalue weighted by Crippen LogP contribution is 2.49. The number of rotatable bonds is 3. The second-order valence-corrected chi connectivity index (χ2v) is 5.88. The second-order valence-electron chi connectivity index (χ2n) is 5.47. The summed E-state index contributed by atoms with van der Waals surface area (Å²) in [6, 6.07) is 4.82. The number of benzene rings is 1. The zero-order chi connectivity index (χ0) is 12.8. The van der Waals surface area contributed by atoms with Crippen molar-refractivity contribution in [2.24, 2.45) is 11.1 Å². The first-order valence-corrected chi connectivity index (χ1v) is 6.81. The summed E-state index contributed by atoms with van der Waals surface area (Å²) >= 11 is 6.11. The molecule has 0 radical (unpaired) electrons. The Hall–Kier alpha value is -0.640. The van der Waals surface area contributed by atoms with Crippen LogP contribution in [0.1, 0.15) is 24.8 Å². The highest BCUT2D eigenvalue weighted by Gasteiger charge is 2.51. The number of nitrogens with two attached hydrogens (primary N) is 1. The summed E-state index contributed by atoms with van der Waals surface area (Å²) in [6.45, 7) is 0.527. The molecule has 2 bridgehead atoms. The van der Waals surface area contributed by atoms with Gasteiger partial charge in [0.2, 0.25) is 0 Å². The normalized spacial score (nSPS) is 34.2. The van der Waals surface area contributed by atoms with Gasteiger partial charge in [0.1, 0.15) is 5.82 Å². The fourth-order valence-electron chi connectivity index (χ4n) is 3.42. The molecule has 2 aliphatic rings. The van der Waals surface area contributed by atoms with Crippen molar-refractivity contribution in [2.45, 2.75) is 37.9 Å². The lowest BCUT2D eigenvalue weighted by molar-refractivity contribution is 0.0633. The van der Waals surface area contributed by atoms with Crippen molar-refractivity contribution in [1.29, 1.82) is 0 Å². The van der Waals surface area contributed by atoms with Crippen molar-refractivity contribution in [1.82, 2.24) is 0 Å². The van der Waals surface area contributed by atoms with Crippen LogP contribution in [0.15, 0.2) is 18.2 Å². The molecule has 0 saturated carbocycles. The third kappa shape index (κ3) is 1.85. The standard InChI is InChI=1S/C14H17ClFNO/c15-11-2-1-3-12(16)10(11)7-14(8-17)6-9-4-5-13(14)18-9/h1-3,9,13H,4-8,17H2. The van der Waals surface area contributed by atoms with Crippen LogP contribution in [-0.2, 0) is 11.2 Å². The van der Waals surface area contributed by atoms with E-state index in [0.717, 1.165) is 19.3 Å². The van der Waals surface area contributed by atoms with Crippen LogP contribution in [0.2, 0.25) is 5.02 Å². The second kappa shape index (κ2) is 4.48. The van der Waals surface area contributed by atoms with Crippen LogP contribution in [0, 0.1) is 11.2 Å². The molecule has 2 saturated heterocycles. The zero-order valence-electron chi connectivity index (χ0n) is 10.2. The lowest BCUT2D eigenvalue weighted by Gasteiger charge is -2.34. The van der Waals surface area contributed by atoms with E-state index < -0.39 is 0 Å². The van der Waals surface area contributed by atoms with Crippen LogP contribution in [0.25, 0.3) is 0 Å². The summed E-state index contributed by atoms with van der Waals surface area (Å²) in [4.78, 5) is 0. The van der Waals surface area contributed by atoms with Gasteiger partial charge in [0.15, 0.2) is 0 Å². The molecule has 2 fully saturated rings. The van der Waals surface area contributed by atoms with Crippen LogP contribution in [0.5, 0.6) is 0 Å². The molecular formula is C14H17ClFNO. The van der Waals surface area contributed by atoms with E-state index in [1.165, 1.54) is 6.07 Å². The van der Waals surface area contributed by atoms with Crippen molar-refractivity contribution in [3.05, 3.63) is 34.6 Å². The van der Waals surface area contributed by atoms with Gasteiger partial charge in [0.05, 0.1) is 12.2 Å². The predicted octanol–water partition coefficient (Wildman–Crippen LogP) is 2.92. The number of hydrogen-bond acceptors (Lipinski definition) is 2. The van der Waals surface area contributed by atoms with Gasteiger partial charge in [-0.15, -0.1) is 0 Å². The van der Waals surface area contributed by atoms with Gasteiger partial charge in [0.25, 0.3) is 0 Å². The minimum atomic E-state index is -0.238. The van der Waals surface area contributed by atoms with Gasteiger partial charge in [-0.05, 0) is 37.8 Å². The van der Waals surface area contributed by atoms with Gasteiger partial charge < -0.3 is 10.5 Å². The molecule has 0 spiro atoms. The molecule has 0 aromatic heterocycles. The maximum Gasteiger partial charge on any atom is 0.127 e. The summed E-state index contributed by atoms with van der Waals surface area (Å²) < 4.78 is 19.8. The average Bonchev–Trinajstić information content (AvgIpc) is 2.95. The molecule has 0 aliphatic carbocycles. The van der Waals surface area contributed by atoms with Crippen molar-refractivity contribution < 1.29 is 9.13 Å². The molecule has 3 atom stereocenters. The maximum atomic E-state index is 13.9. The van der Waals surface area contributed by atoms with Crippen LogP contribution in [0.4, 0.5) is 4.39 Å². The summed E-state index contributed by atoms with van der Waals surface area (Å²) in [5.74, 6) is -0.238. The fourth-order valence-corrected chi connectivity index (χ4v) is 3.65. The molecule has 1 aromatic carbocycles. The molecule has 98 valence electrons. The maximum absolute atomic E-state index is 13.9. The largest absolute Gasteiger partial charge is 0.374 e. The molecule has 2 N–H and O–H groups in total. The van der Waals surface area contributed by atoms with Crippen LogP contribution in [0.3, 0.4) is 0 Å². The molecule has 2 nitrogen and oxygen atoms in total. The van der Waals surface area contributed by atoms with E-state index in [9.17, 15) is 4.39 Å². The van der Waals surface area contributed by atoms with E-state index in [0.29, 0.717) is 29.7 Å². The van der Waals surface area contributed by atoms with Gasteiger partial charge in [-0.1, -0.05) is 17.7 Å². The highest BCUT2D eigenvalue weighted by atomic mass is 35.5. The SMILES string of the molecule is NCC1(Cc2c(F)cccc2Cl)CC2CCC1O2. The first kappa shape index (κ1) is 12.4. The zero-order valence-corrected chi connectivity index (χ0v) is 10.9. The van der Waals surface area contributed by atoms with Gasteiger partial charge in [-0.3, -0.25) is 0 Å². The number of hydrogen-bond donors (Lipinski definition) is 1. The average molecular weight is 270 g/mol. The van der Waals surface area contributed by atoms with Gasteiger partial charge >= 0.3 is 0 Å². The Morgan fingerprint density at radius 1 is 1.44 bits per heavy atom. The molecule has 0 amide bonds. The lowest BCUT2D eigenvalue weighted by atomic mass is 9.70.